The predicted octanol–water partition coefficient (Wildman–Crippen LogP) is 3.71. The average molecular weight is 320 g/mol. The van der Waals surface area contributed by atoms with E-state index < -0.39 is 11.4 Å². The monoisotopic (exact) mass is 319 g/mol. The largest absolute Gasteiger partial charge is 0.477 e. The number of aryl methyl sites for hydroxylation is 1. The normalized spacial score (nSPS) is 11.0. The molecule has 2 aromatic heterocycles. The number of thiophene rings is 1. The standard InChI is InChI=1S/C15H10ClNO3S/c1-8-4-2-3-5-11(8)17-7-10(15(19)20)13(18)9-6-12(16)21-14(9)17/h2-7H,1H3,(H,19,20). The fourth-order valence-electron chi connectivity index (χ4n) is 2.25. The minimum atomic E-state index is -1.24. The maximum absolute atomic E-state index is 12.2. The molecule has 0 saturated heterocycles. The fraction of sp³-hybridized carbons (Fsp3) is 0.0667. The van der Waals surface area contributed by atoms with Crippen molar-refractivity contribution in [2.24, 2.45) is 0 Å². The van der Waals surface area contributed by atoms with Crippen LogP contribution in [0, 0.1) is 6.92 Å². The van der Waals surface area contributed by atoms with Crippen LogP contribution in [-0.4, -0.2) is 15.6 Å². The van der Waals surface area contributed by atoms with Crippen LogP contribution >= 0.6 is 22.9 Å². The van der Waals surface area contributed by atoms with E-state index in [9.17, 15) is 14.7 Å². The zero-order valence-corrected chi connectivity index (χ0v) is 12.5. The first kappa shape index (κ1) is 13.9. The Morgan fingerprint density at radius 1 is 1.33 bits per heavy atom. The molecule has 1 aromatic carbocycles. The van der Waals surface area contributed by atoms with E-state index in [0.717, 1.165) is 11.3 Å². The number of rotatable bonds is 2. The second kappa shape index (κ2) is 5.02. The number of fused-ring (bicyclic) bond motifs is 1. The van der Waals surface area contributed by atoms with Crippen LogP contribution in [0.1, 0.15) is 15.9 Å². The number of hydrogen-bond donors (Lipinski definition) is 1. The molecule has 0 spiro atoms. The average Bonchev–Trinajstić information content (AvgIpc) is 2.82. The van der Waals surface area contributed by atoms with E-state index in [1.807, 2.05) is 31.2 Å². The molecule has 4 nitrogen and oxygen atoms in total. The molecule has 0 aliphatic heterocycles. The Labute approximate surface area is 128 Å². The summed E-state index contributed by atoms with van der Waals surface area (Å²) in [7, 11) is 0. The summed E-state index contributed by atoms with van der Waals surface area (Å²) < 4.78 is 2.17. The molecule has 6 heteroatoms. The van der Waals surface area contributed by atoms with Crippen molar-refractivity contribution < 1.29 is 9.90 Å². The predicted molar refractivity (Wildman–Crippen MR) is 84.1 cm³/mol. The number of para-hydroxylation sites is 1. The highest BCUT2D eigenvalue weighted by Gasteiger charge is 2.18. The van der Waals surface area contributed by atoms with Gasteiger partial charge in [0.25, 0.3) is 0 Å². The van der Waals surface area contributed by atoms with E-state index in [0.29, 0.717) is 14.6 Å². The van der Waals surface area contributed by atoms with Gasteiger partial charge in [-0.1, -0.05) is 29.8 Å². The number of benzene rings is 1. The molecular weight excluding hydrogens is 310 g/mol. The van der Waals surface area contributed by atoms with Gasteiger partial charge in [-0.25, -0.2) is 4.79 Å². The second-order valence-electron chi connectivity index (χ2n) is 4.60. The number of aromatic nitrogens is 1. The van der Waals surface area contributed by atoms with Crippen molar-refractivity contribution in [1.82, 2.24) is 4.57 Å². The third-order valence-corrected chi connectivity index (χ3v) is 4.52. The van der Waals surface area contributed by atoms with E-state index in [1.165, 1.54) is 23.6 Å². The summed E-state index contributed by atoms with van der Waals surface area (Å²) >= 11 is 7.26. The molecule has 0 unspecified atom stereocenters. The molecule has 0 saturated carbocycles. The highest BCUT2D eigenvalue weighted by molar-refractivity contribution is 7.22. The number of hydrogen-bond acceptors (Lipinski definition) is 3. The SMILES string of the molecule is Cc1ccccc1-n1cc(C(=O)O)c(=O)c2cc(Cl)sc21. The quantitative estimate of drug-likeness (QED) is 0.783. The third kappa shape index (κ3) is 2.24. The summed E-state index contributed by atoms with van der Waals surface area (Å²) in [6.07, 6.45) is 1.36. The minimum absolute atomic E-state index is 0.264. The Balaban J connectivity index is 2.47. The Morgan fingerprint density at radius 2 is 2.05 bits per heavy atom. The molecule has 0 amide bonds. The van der Waals surface area contributed by atoms with Crippen LogP contribution < -0.4 is 5.43 Å². The molecule has 106 valence electrons. The van der Waals surface area contributed by atoms with Gasteiger partial charge in [-0.3, -0.25) is 4.79 Å². The first-order valence-corrected chi connectivity index (χ1v) is 7.32. The zero-order valence-electron chi connectivity index (χ0n) is 11.0. The summed E-state index contributed by atoms with van der Waals surface area (Å²) in [6.45, 7) is 1.93. The van der Waals surface area contributed by atoms with E-state index in [2.05, 4.69) is 0 Å². The van der Waals surface area contributed by atoms with E-state index >= 15 is 0 Å². The molecule has 0 bridgehead atoms. The maximum atomic E-state index is 12.2. The first-order chi connectivity index (χ1) is 9.99. The zero-order chi connectivity index (χ0) is 15.1. The molecule has 0 aliphatic rings. The van der Waals surface area contributed by atoms with Crippen molar-refractivity contribution in [3.05, 3.63) is 62.2 Å². The van der Waals surface area contributed by atoms with Gasteiger partial charge in [0.1, 0.15) is 10.4 Å². The maximum Gasteiger partial charge on any atom is 0.341 e. The molecule has 0 fully saturated rings. The lowest BCUT2D eigenvalue weighted by molar-refractivity contribution is 0.0695. The van der Waals surface area contributed by atoms with Crippen molar-refractivity contribution >= 4 is 39.1 Å². The topological polar surface area (TPSA) is 59.3 Å². The minimum Gasteiger partial charge on any atom is -0.477 e. The molecule has 1 N–H and O–H groups in total. The highest BCUT2D eigenvalue weighted by atomic mass is 35.5. The van der Waals surface area contributed by atoms with E-state index in [4.69, 9.17) is 11.6 Å². The van der Waals surface area contributed by atoms with Crippen LogP contribution in [-0.2, 0) is 0 Å². The Kier molecular flexibility index (Phi) is 3.31. The molecular formula is C15H10ClNO3S. The van der Waals surface area contributed by atoms with E-state index in [-0.39, 0.29) is 5.56 Å². The number of carboxylic acid groups (broad SMARTS) is 1. The Morgan fingerprint density at radius 3 is 2.71 bits per heavy atom. The van der Waals surface area contributed by atoms with Gasteiger partial charge in [0.2, 0.25) is 5.43 Å². The fourth-order valence-corrected chi connectivity index (χ4v) is 3.45. The molecule has 3 aromatic rings. The van der Waals surface area contributed by atoms with Crippen molar-refractivity contribution in [2.75, 3.05) is 0 Å². The molecule has 2 heterocycles. The second-order valence-corrected chi connectivity index (χ2v) is 6.26. The third-order valence-electron chi connectivity index (χ3n) is 3.25. The number of halogens is 1. The van der Waals surface area contributed by atoms with Crippen LogP contribution in [0.5, 0.6) is 0 Å². The van der Waals surface area contributed by atoms with Crippen molar-refractivity contribution in [1.29, 1.82) is 0 Å². The Hall–Kier alpha value is -2.11. The van der Waals surface area contributed by atoms with Crippen LogP contribution in [0.15, 0.2) is 41.3 Å². The van der Waals surface area contributed by atoms with Crippen LogP contribution in [0.25, 0.3) is 15.9 Å². The van der Waals surface area contributed by atoms with Gasteiger partial charge in [-0.15, -0.1) is 11.3 Å². The summed E-state index contributed by atoms with van der Waals surface area (Å²) in [5.41, 5.74) is 1.03. The number of carbonyl (C=O) groups is 1. The summed E-state index contributed by atoms with van der Waals surface area (Å²) in [5.74, 6) is -1.24. The van der Waals surface area contributed by atoms with Crippen LogP contribution in [0.3, 0.4) is 0 Å². The molecule has 3 rings (SSSR count). The highest BCUT2D eigenvalue weighted by Crippen LogP contribution is 2.30. The number of nitrogens with zero attached hydrogens (tertiary/aromatic N) is 1. The number of aromatic carboxylic acids is 1. The first-order valence-electron chi connectivity index (χ1n) is 6.13. The van der Waals surface area contributed by atoms with Gasteiger partial charge in [-0.05, 0) is 24.6 Å². The lowest BCUT2D eigenvalue weighted by Crippen LogP contribution is -2.17. The Bertz CT molecular complexity index is 926. The van der Waals surface area contributed by atoms with Gasteiger partial charge in [0, 0.05) is 11.9 Å². The molecule has 21 heavy (non-hydrogen) atoms. The van der Waals surface area contributed by atoms with Gasteiger partial charge in [0.05, 0.1) is 9.72 Å². The van der Waals surface area contributed by atoms with Crippen molar-refractivity contribution in [2.45, 2.75) is 6.92 Å². The van der Waals surface area contributed by atoms with Gasteiger partial charge in [0.15, 0.2) is 0 Å². The van der Waals surface area contributed by atoms with Gasteiger partial charge >= 0.3 is 5.97 Å². The number of carboxylic acids is 1. The molecule has 0 radical (unpaired) electrons. The van der Waals surface area contributed by atoms with Gasteiger partial charge in [-0.2, -0.15) is 0 Å². The van der Waals surface area contributed by atoms with Crippen LogP contribution in [0.4, 0.5) is 0 Å². The summed E-state index contributed by atoms with van der Waals surface area (Å²) in [4.78, 5) is 24.1. The van der Waals surface area contributed by atoms with Gasteiger partial charge < -0.3 is 9.67 Å². The smallest absolute Gasteiger partial charge is 0.341 e. The van der Waals surface area contributed by atoms with Crippen molar-refractivity contribution in [3.8, 4) is 5.69 Å². The van der Waals surface area contributed by atoms with Crippen LogP contribution in [0.2, 0.25) is 4.34 Å². The lowest BCUT2D eigenvalue weighted by atomic mass is 10.1. The number of pyridine rings is 1. The molecule has 0 atom stereocenters. The summed E-state index contributed by atoms with van der Waals surface area (Å²) in [6, 6.07) is 9.08. The van der Waals surface area contributed by atoms with Crippen molar-refractivity contribution in [3.63, 3.8) is 0 Å². The van der Waals surface area contributed by atoms with E-state index in [1.54, 1.807) is 4.57 Å². The molecule has 0 aliphatic carbocycles. The summed E-state index contributed by atoms with van der Waals surface area (Å²) in [5, 5.41) is 9.56. The lowest BCUT2D eigenvalue weighted by Gasteiger charge is -2.12.